The topological polar surface area (TPSA) is 91.8 Å². The standard InChI is InChI=1S/C19H14F2N4O2/c1-10(26)14-6-11(20)7-15(21)17(14)18-13(4-3-5-23-18)19(27)16-8-12(9-22)25(2)24-16/h3-8,10,26H,1-2H3/t10-/m1/s1. The summed E-state index contributed by atoms with van der Waals surface area (Å²) in [4.78, 5) is 17.0. The van der Waals surface area contributed by atoms with Crippen molar-refractivity contribution in [1.82, 2.24) is 14.8 Å². The van der Waals surface area contributed by atoms with Crippen molar-refractivity contribution >= 4 is 5.78 Å². The fraction of sp³-hybridized carbons (Fsp3) is 0.158. The molecule has 0 unspecified atom stereocenters. The van der Waals surface area contributed by atoms with Gasteiger partial charge in [-0.1, -0.05) is 0 Å². The minimum absolute atomic E-state index is 0.00980. The van der Waals surface area contributed by atoms with Crippen molar-refractivity contribution < 1.29 is 18.7 Å². The third-order valence-corrected chi connectivity index (χ3v) is 4.05. The molecule has 0 saturated heterocycles. The van der Waals surface area contributed by atoms with Crippen LogP contribution in [-0.2, 0) is 7.05 Å². The van der Waals surface area contributed by atoms with E-state index < -0.39 is 23.5 Å². The molecule has 1 atom stereocenters. The predicted octanol–water partition coefficient (Wildman–Crippen LogP) is 2.92. The number of nitrogens with zero attached hydrogens (tertiary/aromatic N) is 4. The molecule has 0 amide bonds. The Labute approximate surface area is 153 Å². The van der Waals surface area contributed by atoms with Crippen LogP contribution in [0, 0.1) is 23.0 Å². The second-order valence-electron chi connectivity index (χ2n) is 5.91. The van der Waals surface area contributed by atoms with Crippen LogP contribution < -0.4 is 0 Å². The summed E-state index contributed by atoms with van der Waals surface area (Å²) < 4.78 is 29.4. The Morgan fingerprint density at radius 1 is 1.33 bits per heavy atom. The van der Waals surface area contributed by atoms with E-state index in [0.29, 0.717) is 6.07 Å². The van der Waals surface area contributed by atoms with Crippen molar-refractivity contribution in [2.45, 2.75) is 13.0 Å². The average Bonchev–Trinajstić information content (AvgIpc) is 3.01. The lowest BCUT2D eigenvalue weighted by Gasteiger charge is -2.15. The molecule has 6 nitrogen and oxygen atoms in total. The van der Waals surface area contributed by atoms with E-state index in [1.165, 1.54) is 43.0 Å². The summed E-state index contributed by atoms with van der Waals surface area (Å²) >= 11 is 0. The Morgan fingerprint density at radius 3 is 2.70 bits per heavy atom. The van der Waals surface area contributed by atoms with Gasteiger partial charge in [0.25, 0.3) is 0 Å². The summed E-state index contributed by atoms with van der Waals surface area (Å²) in [6, 6.07) is 7.81. The fourth-order valence-corrected chi connectivity index (χ4v) is 2.78. The summed E-state index contributed by atoms with van der Waals surface area (Å²) in [5.74, 6) is -2.37. The average molecular weight is 368 g/mol. The van der Waals surface area contributed by atoms with E-state index in [0.717, 1.165) is 6.07 Å². The molecule has 136 valence electrons. The molecular weight excluding hydrogens is 354 g/mol. The van der Waals surface area contributed by atoms with Gasteiger partial charge in [0.05, 0.1) is 17.4 Å². The highest BCUT2D eigenvalue weighted by Gasteiger charge is 2.24. The van der Waals surface area contributed by atoms with Gasteiger partial charge >= 0.3 is 0 Å². The number of benzene rings is 1. The molecule has 1 aromatic carbocycles. The molecule has 0 bridgehead atoms. The first-order valence-corrected chi connectivity index (χ1v) is 7.94. The van der Waals surface area contributed by atoms with Gasteiger partial charge in [0.2, 0.25) is 5.78 Å². The molecular formula is C19H14F2N4O2. The van der Waals surface area contributed by atoms with Crippen LogP contribution in [-0.4, -0.2) is 25.7 Å². The number of halogens is 2. The number of aliphatic hydroxyl groups is 1. The first-order valence-electron chi connectivity index (χ1n) is 7.94. The molecule has 2 aromatic heterocycles. The zero-order valence-corrected chi connectivity index (χ0v) is 14.4. The number of carbonyl (C=O) groups is 1. The van der Waals surface area contributed by atoms with Gasteiger partial charge in [0, 0.05) is 30.9 Å². The highest BCUT2D eigenvalue weighted by atomic mass is 19.1. The number of aromatic nitrogens is 3. The third-order valence-electron chi connectivity index (χ3n) is 4.05. The minimum atomic E-state index is -1.19. The van der Waals surface area contributed by atoms with Gasteiger partial charge < -0.3 is 5.11 Å². The molecule has 0 saturated carbocycles. The van der Waals surface area contributed by atoms with Crippen LogP contribution in [0.2, 0.25) is 0 Å². The number of aliphatic hydroxyl groups excluding tert-OH is 1. The molecule has 0 spiro atoms. The van der Waals surface area contributed by atoms with E-state index in [1.54, 1.807) is 0 Å². The summed E-state index contributed by atoms with van der Waals surface area (Å²) in [6.07, 6.45) is 0.176. The molecule has 0 aliphatic rings. The maximum atomic E-state index is 14.6. The van der Waals surface area contributed by atoms with Crippen LogP contribution in [0.15, 0.2) is 36.5 Å². The molecule has 0 radical (unpaired) electrons. The summed E-state index contributed by atoms with van der Waals surface area (Å²) in [5, 5.41) is 23.0. The van der Waals surface area contributed by atoms with Gasteiger partial charge in [-0.2, -0.15) is 10.4 Å². The van der Waals surface area contributed by atoms with Crippen molar-refractivity contribution in [3.05, 3.63) is 70.7 Å². The van der Waals surface area contributed by atoms with Crippen LogP contribution in [0.25, 0.3) is 11.3 Å². The molecule has 0 fully saturated rings. The third kappa shape index (κ3) is 3.32. The van der Waals surface area contributed by atoms with E-state index in [1.807, 2.05) is 6.07 Å². The lowest BCUT2D eigenvalue weighted by molar-refractivity contribution is 0.103. The van der Waals surface area contributed by atoms with Gasteiger partial charge in [0.15, 0.2) is 0 Å². The number of rotatable bonds is 4. The van der Waals surface area contributed by atoms with E-state index in [4.69, 9.17) is 5.26 Å². The van der Waals surface area contributed by atoms with Crippen molar-refractivity contribution in [1.29, 1.82) is 5.26 Å². The molecule has 3 aromatic rings. The molecule has 27 heavy (non-hydrogen) atoms. The number of ketones is 1. The monoisotopic (exact) mass is 368 g/mol. The smallest absolute Gasteiger partial charge is 0.215 e. The van der Waals surface area contributed by atoms with Crippen molar-refractivity contribution in [3.63, 3.8) is 0 Å². The van der Waals surface area contributed by atoms with Crippen LogP contribution in [0.1, 0.15) is 40.3 Å². The first-order chi connectivity index (χ1) is 12.8. The van der Waals surface area contributed by atoms with Gasteiger partial charge in [-0.25, -0.2) is 8.78 Å². The normalized spacial score (nSPS) is 11.9. The fourth-order valence-electron chi connectivity index (χ4n) is 2.78. The summed E-state index contributed by atoms with van der Waals surface area (Å²) in [6.45, 7) is 1.36. The predicted molar refractivity (Wildman–Crippen MR) is 91.6 cm³/mol. The molecule has 0 aliphatic carbocycles. The Bertz CT molecular complexity index is 1080. The Morgan fingerprint density at radius 2 is 2.07 bits per heavy atom. The summed E-state index contributed by atoms with van der Waals surface area (Å²) in [5.41, 5.74) is -0.0378. The van der Waals surface area contributed by atoms with Crippen LogP contribution >= 0.6 is 0 Å². The van der Waals surface area contributed by atoms with Gasteiger partial charge in [-0.3, -0.25) is 14.5 Å². The Kier molecular flexibility index (Phi) is 4.79. The van der Waals surface area contributed by atoms with Crippen molar-refractivity contribution in [2.24, 2.45) is 7.05 Å². The van der Waals surface area contributed by atoms with Gasteiger partial charge in [-0.05, 0) is 30.7 Å². The zero-order valence-electron chi connectivity index (χ0n) is 14.4. The second-order valence-corrected chi connectivity index (χ2v) is 5.91. The number of carbonyl (C=O) groups excluding carboxylic acids is 1. The highest BCUT2D eigenvalue weighted by Crippen LogP contribution is 2.33. The number of aryl methyl sites for hydroxylation is 1. The lowest BCUT2D eigenvalue weighted by Crippen LogP contribution is -2.09. The minimum Gasteiger partial charge on any atom is -0.389 e. The van der Waals surface area contributed by atoms with Gasteiger partial charge in [0.1, 0.15) is 29.1 Å². The number of nitriles is 1. The number of pyridine rings is 1. The molecule has 2 heterocycles. The van der Waals surface area contributed by atoms with Gasteiger partial charge in [-0.15, -0.1) is 0 Å². The summed E-state index contributed by atoms with van der Waals surface area (Å²) in [7, 11) is 1.52. The number of hydrogen-bond donors (Lipinski definition) is 1. The Hall–Kier alpha value is -3.44. The van der Waals surface area contributed by atoms with Crippen molar-refractivity contribution in [3.8, 4) is 17.3 Å². The zero-order chi connectivity index (χ0) is 19.7. The highest BCUT2D eigenvalue weighted by molar-refractivity contribution is 6.11. The molecule has 8 heteroatoms. The number of hydrogen-bond acceptors (Lipinski definition) is 5. The van der Waals surface area contributed by atoms with E-state index in [9.17, 15) is 18.7 Å². The molecule has 0 aliphatic heterocycles. The molecule has 1 N–H and O–H groups in total. The van der Waals surface area contributed by atoms with Crippen molar-refractivity contribution in [2.75, 3.05) is 0 Å². The second kappa shape index (κ2) is 7.05. The quantitative estimate of drug-likeness (QED) is 0.715. The Balaban J connectivity index is 2.21. The SMILES string of the molecule is C[C@@H](O)c1cc(F)cc(F)c1-c1ncccc1C(=O)c1cc(C#N)n(C)n1. The maximum Gasteiger partial charge on any atom is 0.215 e. The maximum absolute atomic E-state index is 14.6. The van der Waals surface area contributed by atoms with Crippen LogP contribution in [0.3, 0.4) is 0 Å². The van der Waals surface area contributed by atoms with E-state index >= 15 is 0 Å². The van der Waals surface area contributed by atoms with E-state index in [2.05, 4.69) is 10.1 Å². The molecule has 3 rings (SSSR count). The van der Waals surface area contributed by atoms with Crippen LogP contribution in [0.4, 0.5) is 8.78 Å². The van der Waals surface area contributed by atoms with Crippen LogP contribution in [0.5, 0.6) is 0 Å². The van der Waals surface area contributed by atoms with E-state index in [-0.39, 0.29) is 33.8 Å². The largest absolute Gasteiger partial charge is 0.389 e. The lowest BCUT2D eigenvalue weighted by atomic mass is 9.94. The first kappa shape index (κ1) is 18.4.